The number of alkyl halides is 3. The number of sulfone groups is 1. The summed E-state index contributed by atoms with van der Waals surface area (Å²) in [6, 6.07) is 8.16. The summed E-state index contributed by atoms with van der Waals surface area (Å²) in [5.74, 6) is -1.06. The first-order valence-corrected chi connectivity index (χ1v) is 13.0. The highest BCUT2D eigenvalue weighted by Gasteiger charge is 2.32. The van der Waals surface area contributed by atoms with Gasteiger partial charge in [-0.05, 0) is 48.4 Å². The van der Waals surface area contributed by atoms with Crippen molar-refractivity contribution < 1.29 is 34.7 Å². The molecule has 3 rings (SSSR count). The van der Waals surface area contributed by atoms with Crippen LogP contribution < -0.4 is 9.46 Å². The van der Waals surface area contributed by atoms with Crippen LogP contribution in [0.2, 0.25) is 5.02 Å². The zero-order valence-electron chi connectivity index (χ0n) is 15.8. The Morgan fingerprint density at radius 1 is 1.03 bits per heavy atom. The number of aromatic nitrogens is 1. The molecule has 1 heterocycles. The van der Waals surface area contributed by atoms with Crippen LogP contribution in [-0.2, 0) is 26.3 Å². The molecule has 0 amide bonds. The van der Waals surface area contributed by atoms with Gasteiger partial charge in [0.25, 0.3) is 10.0 Å². The maximum absolute atomic E-state index is 12.6. The quantitative estimate of drug-likeness (QED) is 0.463. The van der Waals surface area contributed by atoms with Crippen molar-refractivity contribution in [1.82, 2.24) is 4.98 Å². The van der Waals surface area contributed by atoms with Crippen molar-refractivity contribution >= 4 is 47.9 Å². The number of thiazole rings is 1. The molecule has 2 aromatic carbocycles. The minimum absolute atomic E-state index is 0.112. The molecule has 0 fully saturated rings. The lowest BCUT2D eigenvalue weighted by molar-refractivity contribution is -0.274. The zero-order valence-corrected chi connectivity index (χ0v) is 19.0. The molecule has 0 atom stereocenters. The lowest BCUT2D eigenvalue weighted by Gasteiger charge is -2.12. The highest BCUT2D eigenvalue weighted by molar-refractivity contribution is 7.93. The fourth-order valence-electron chi connectivity index (χ4n) is 2.55. The second-order valence-electron chi connectivity index (χ2n) is 6.30. The first-order valence-electron chi connectivity index (χ1n) is 8.65. The van der Waals surface area contributed by atoms with Gasteiger partial charge in [0.2, 0.25) is 0 Å². The summed E-state index contributed by atoms with van der Waals surface area (Å²) in [6.07, 6.45) is -3.62. The molecule has 3 aromatic rings. The molecule has 0 unspecified atom stereocenters. The average molecular weight is 527 g/mol. The highest BCUT2D eigenvalue weighted by Crippen LogP contribution is 2.31. The second kappa shape index (κ2) is 9.25. The third kappa shape index (κ3) is 6.34. The molecule has 0 aliphatic rings. The van der Waals surface area contributed by atoms with Crippen LogP contribution in [0.25, 0.3) is 0 Å². The van der Waals surface area contributed by atoms with E-state index in [4.69, 9.17) is 11.6 Å². The Balaban J connectivity index is 1.71. The third-order valence-electron chi connectivity index (χ3n) is 4.03. The number of aryl methyl sites for hydroxylation is 1. The Bertz CT molecular complexity index is 1290. The molecular weight excluding hydrogens is 513 g/mol. The van der Waals surface area contributed by atoms with Crippen molar-refractivity contribution in [1.29, 1.82) is 0 Å². The number of sulfonamides is 1. The maximum atomic E-state index is 12.6. The van der Waals surface area contributed by atoms with Gasteiger partial charge in [0.1, 0.15) is 5.75 Å². The summed E-state index contributed by atoms with van der Waals surface area (Å²) < 4.78 is 93.3. The largest absolute Gasteiger partial charge is 0.573 e. The van der Waals surface area contributed by atoms with Crippen molar-refractivity contribution in [2.45, 2.75) is 22.6 Å². The number of halogens is 4. The van der Waals surface area contributed by atoms with Crippen LogP contribution in [0.15, 0.2) is 63.8 Å². The molecule has 0 spiro atoms. The number of ether oxygens (including phenoxy) is 1. The lowest BCUT2D eigenvalue weighted by Crippen LogP contribution is -2.17. The van der Waals surface area contributed by atoms with E-state index in [1.54, 1.807) is 5.38 Å². The van der Waals surface area contributed by atoms with E-state index in [1.807, 2.05) is 0 Å². The highest BCUT2D eigenvalue weighted by atomic mass is 35.5. The van der Waals surface area contributed by atoms with Gasteiger partial charge >= 0.3 is 6.36 Å². The maximum Gasteiger partial charge on any atom is 0.573 e. The number of hydrogen-bond acceptors (Lipinski definition) is 7. The average Bonchev–Trinajstić information content (AvgIpc) is 3.20. The van der Waals surface area contributed by atoms with Crippen LogP contribution in [0.5, 0.6) is 5.75 Å². The van der Waals surface area contributed by atoms with E-state index < -0.39 is 37.7 Å². The molecule has 14 heteroatoms. The van der Waals surface area contributed by atoms with Gasteiger partial charge in [0, 0.05) is 11.6 Å². The topological polar surface area (TPSA) is 102 Å². The summed E-state index contributed by atoms with van der Waals surface area (Å²) >= 11 is 6.77. The summed E-state index contributed by atoms with van der Waals surface area (Å²) in [4.78, 5) is 3.53. The number of nitrogens with zero attached hydrogens (tertiary/aromatic N) is 1. The van der Waals surface area contributed by atoms with E-state index in [9.17, 15) is 30.0 Å². The van der Waals surface area contributed by atoms with Crippen molar-refractivity contribution in [3.05, 3.63) is 64.6 Å². The van der Waals surface area contributed by atoms with Crippen molar-refractivity contribution in [3.63, 3.8) is 0 Å². The molecule has 1 aromatic heterocycles. The number of rotatable bonds is 8. The van der Waals surface area contributed by atoms with Crippen LogP contribution in [-0.4, -0.2) is 33.9 Å². The van der Waals surface area contributed by atoms with Crippen LogP contribution in [0, 0.1) is 0 Å². The van der Waals surface area contributed by atoms with Gasteiger partial charge in [-0.1, -0.05) is 17.7 Å². The lowest BCUT2D eigenvalue weighted by atomic mass is 10.2. The van der Waals surface area contributed by atoms with Gasteiger partial charge in [-0.15, -0.1) is 24.5 Å². The van der Waals surface area contributed by atoms with E-state index in [-0.39, 0.29) is 31.9 Å². The molecule has 0 aliphatic heterocycles. The van der Waals surface area contributed by atoms with E-state index in [0.717, 1.165) is 41.7 Å². The zero-order chi connectivity index (χ0) is 23.6. The summed E-state index contributed by atoms with van der Waals surface area (Å²) in [7, 11) is -7.79. The van der Waals surface area contributed by atoms with Crippen molar-refractivity contribution in [2.75, 3.05) is 10.5 Å². The first-order chi connectivity index (χ1) is 14.9. The van der Waals surface area contributed by atoms with Crippen LogP contribution in [0.3, 0.4) is 0 Å². The number of nitrogens with one attached hydrogen (secondary N) is 1. The molecular formula is C18H14ClF3N2O5S3. The fraction of sp³-hybridized carbons (Fsp3) is 0.167. The van der Waals surface area contributed by atoms with Crippen molar-refractivity contribution in [3.8, 4) is 5.75 Å². The Labute approximate surface area is 190 Å². The first kappa shape index (κ1) is 24.3. The molecule has 172 valence electrons. The summed E-state index contributed by atoms with van der Waals surface area (Å²) in [5, 5.41) is 1.49. The predicted octanol–water partition coefficient (Wildman–Crippen LogP) is 4.51. The number of anilines is 1. The predicted molar refractivity (Wildman–Crippen MR) is 113 cm³/mol. The van der Waals surface area contributed by atoms with Crippen LogP contribution >= 0.6 is 22.9 Å². The van der Waals surface area contributed by atoms with Gasteiger partial charge in [0.05, 0.1) is 20.6 Å². The van der Waals surface area contributed by atoms with Crippen LogP contribution in [0.4, 0.5) is 18.3 Å². The van der Waals surface area contributed by atoms with Crippen LogP contribution in [0.1, 0.15) is 5.56 Å². The fourth-order valence-corrected chi connectivity index (χ4v) is 5.79. The molecule has 1 N–H and O–H groups in total. The molecule has 0 aliphatic carbocycles. The van der Waals surface area contributed by atoms with E-state index in [2.05, 4.69) is 14.4 Å². The number of hydrogen-bond donors (Lipinski definition) is 1. The SMILES string of the molecule is O=S(=O)(CCc1ccc(Cl)c(OC(F)(F)F)c1)c1ccc(S(=O)(=O)Nc2nccs2)cc1. The summed E-state index contributed by atoms with van der Waals surface area (Å²) in [6.45, 7) is 0. The standard InChI is InChI=1S/C18H14ClF3N2O5S3/c19-15-6-1-12(11-16(15)29-18(20,21)22)7-10-31(25,26)13-2-4-14(5-3-13)32(27,28)24-17-23-8-9-30-17/h1-6,8-9,11H,7,10H2,(H,23,24). The van der Waals surface area contributed by atoms with Gasteiger partial charge in [-0.25, -0.2) is 21.8 Å². The Hall–Kier alpha value is -2.35. The molecule has 0 bridgehead atoms. The molecule has 0 saturated heterocycles. The molecule has 0 saturated carbocycles. The minimum Gasteiger partial charge on any atom is -0.404 e. The molecule has 7 nitrogen and oxygen atoms in total. The van der Waals surface area contributed by atoms with Gasteiger partial charge < -0.3 is 4.74 Å². The number of benzene rings is 2. The normalized spacial score (nSPS) is 12.5. The monoisotopic (exact) mass is 526 g/mol. The smallest absolute Gasteiger partial charge is 0.404 e. The van der Waals surface area contributed by atoms with Gasteiger partial charge in [0.15, 0.2) is 15.0 Å². The Kier molecular flexibility index (Phi) is 7.03. The van der Waals surface area contributed by atoms with E-state index in [1.165, 1.54) is 18.3 Å². The van der Waals surface area contributed by atoms with E-state index >= 15 is 0 Å². The van der Waals surface area contributed by atoms with Gasteiger partial charge in [-0.2, -0.15) is 0 Å². The minimum atomic E-state index is -4.94. The Morgan fingerprint density at radius 3 is 2.28 bits per heavy atom. The van der Waals surface area contributed by atoms with E-state index in [0.29, 0.717) is 0 Å². The molecule has 0 radical (unpaired) electrons. The third-order valence-corrected chi connectivity index (χ3v) is 8.24. The van der Waals surface area contributed by atoms with Crippen molar-refractivity contribution in [2.24, 2.45) is 0 Å². The summed E-state index contributed by atoms with van der Waals surface area (Å²) in [5.41, 5.74) is 0.268. The van der Waals surface area contributed by atoms with Gasteiger partial charge in [-0.3, -0.25) is 4.72 Å². The molecule has 32 heavy (non-hydrogen) atoms. The Morgan fingerprint density at radius 2 is 1.69 bits per heavy atom. The second-order valence-corrected chi connectivity index (χ2v) is 11.4.